The van der Waals surface area contributed by atoms with E-state index < -0.39 is 41.2 Å². The standard InChI is InChI=1S/C52H63F3N8O9S/c1-33-45(73-32-58-33)35-10-8-34(9-11-35)29-57-49(67)43-28-39(64)30-62(43)50(68)46(51(2,3)4)59-44(65)7-6-19-69-21-23-71-25-26-72-24-22-70-20-18-56-48(66)36-12-17-42-40(27-36)41-31-61(5)60-47(41)63(42)38-15-13-37(14-16-38)52(53,54)55/h8-17,27,31-32,39,43,46,64H,6-7,18-26,28-30H2,1-5H3,(H,56,66)(H,57,67)(H,59,65)/t39-,43+,46?/m1/s1. The number of aryl methyl sites for hydroxylation is 2. The van der Waals surface area contributed by atoms with Crippen LogP contribution in [0.2, 0.25) is 0 Å². The fourth-order valence-electron chi connectivity index (χ4n) is 8.54. The highest BCUT2D eigenvalue weighted by atomic mass is 32.1. The molecule has 3 atom stereocenters. The Labute approximate surface area is 425 Å². The Morgan fingerprint density at radius 3 is 2.14 bits per heavy atom. The number of thiazole rings is 1. The lowest BCUT2D eigenvalue weighted by molar-refractivity contribution is -0.144. The number of ether oxygens (including phenoxy) is 4. The predicted octanol–water partition coefficient (Wildman–Crippen LogP) is 6.35. The summed E-state index contributed by atoms with van der Waals surface area (Å²) in [5.41, 5.74) is 5.45. The van der Waals surface area contributed by atoms with Gasteiger partial charge in [0.15, 0.2) is 5.65 Å². The van der Waals surface area contributed by atoms with Crippen LogP contribution >= 0.6 is 11.3 Å². The Morgan fingerprint density at radius 1 is 0.849 bits per heavy atom. The molecule has 4 N–H and O–H groups in total. The number of alkyl halides is 3. The van der Waals surface area contributed by atoms with Crippen LogP contribution < -0.4 is 16.0 Å². The van der Waals surface area contributed by atoms with Crippen molar-refractivity contribution in [1.29, 1.82) is 0 Å². The molecule has 4 amide bonds. The molecule has 3 aromatic carbocycles. The molecule has 73 heavy (non-hydrogen) atoms. The molecule has 6 aromatic rings. The summed E-state index contributed by atoms with van der Waals surface area (Å²) in [6, 6.07) is 16.1. The van der Waals surface area contributed by atoms with Gasteiger partial charge in [-0.15, -0.1) is 11.3 Å². The fourth-order valence-corrected chi connectivity index (χ4v) is 9.36. The first-order valence-electron chi connectivity index (χ1n) is 24.2. The van der Waals surface area contributed by atoms with Crippen molar-refractivity contribution in [2.45, 2.75) is 77.9 Å². The second kappa shape index (κ2) is 24.7. The van der Waals surface area contributed by atoms with Gasteiger partial charge < -0.3 is 44.9 Å². The number of hydrogen-bond donors (Lipinski definition) is 4. The van der Waals surface area contributed by atoms with E-state index in [2.05, 4.69) is 26.0 Å². The molecule has 0 radical (unpaired) electrons. The number of nitrogens with zero attached hydrogens (tertiary/aromatic N) is 5. The maximum absolute atomic E-state index is 13.9. The van der Waals surface area contributed by atoms with Crippen LogP contribution in [0.3, 0.4) is 0 Å². The number of amides is 4. The van der Waals surface area contributed by atoms with Crippen LogP contribution in [-0.2, 0) is 53.1 Å². The maximum atomic E-state index is 13.9. The smallest absolute Gasteiger partial charge is 0.391 e. The predicted molar refractivity (Wildman–Crippen MR) is 269 cm³/mol. The Morgan fingerprint density at radius 2 is 1.51 bits per heavy atom. The van der Waals surface area contributed by atoms with Crippen LogP contribution in [0.1, 0.15) is 67.2 Å². The molecule has 1 saturated heterocycles. The van der Waals surface area contributed by atoms with E-state index in [1.165, 1.54) is 17.0 Å². The third-order valence-electron chi connectivity index (χ3n) is 12.3. The lowest BCUT2D eigenvalue weighted by Crippen LogP contribution is -2.57. The first-order chi connectivity index (χ1) is 34.9. The summed E-state index contributed by atoms with van der Waals surface area (Å²) in [6.07, 6.45) is -2.88. The van der Waals surface area contributed by atoms with E-state index in [4.69, 9.17) is 18.9 Å². The van der Waals surface area contributed by atoms with Gasteiger partial charge in [-0.25, -0.2) is 4.98 Å². The average molecular weight is 1030 g/mol. The first kappa shape index (κ1) is 54.5. The molecule has 1 aliphatic rings. The molecule has 0 bridgehead atoms. The molecule has 17 nitrogen and oxygen atoms in total. The molecule has 1 aliphatic heterocycles. The molecule has 1 fully saturated rings. The number of hydrogen-bond acceptors (Lipinski definition) is 12. The van der Waals surface area contributed by atoms with E-state index in [-0.39, 0.29) is 56.8 Å². The highest BCUT2D eigenvalue weighted by molar-refractivity contribution is 7.13. The van der Waals surface area contributed by atoms with Crippen molar-refractivity contribution >= 4 is 56.9 Å². The molecular weight excluding hydrogens is 970 g/mol. The van der Waals surface area contributed by atoms with Crippen LogP contribution in [0.15, 0.2) is 78.4 Å². The quantitative estimate of drug-likeness (QED) is 0.0493. The molecule has 0 spiro atoms. The minimum absolute atomic E-state index is 0.0123. The number of rotatable bonds is 24. The Kier molecular flexibility index (Phi) is 18.4. The zero-order chi connectivity index (χ0) is 52.3. The number of fused-ring (bicyclic) bond motifs is 3. The number of likely N-dealkylation sites (tertiary alicyclic amines) is 1. The number of β-amino-alcohol motifs (C(OH)–C–C–N with tert-alkyl or cyclic N) is 1. The highest BCUT2D eigenvalue weighted by Gasteiger charge is 2.44. The van der Waals surface area contributed by atoms with Gasteiger partial charge in [-0.1, -0.05) is 45.0 Å². The lowest BCUT2D eigenvalue weighted by Gasteiger charge is -2.35. The number of aliphatic hydroxyl groups excluding tert-OH is 1. The average Bonchev–Trinajstić information content (AvgIpc) is 4.14. The van der Waals surface area contributed by atoms with Crippen LogP contribution in [0, 0.1) is 12.3 Å². The van der Waals surface area contributed by atoms with Gasteiger partial charge in [0, 0.05) is 74.4 Å². The van der Waals surface area contributed by atoms with Gasteiger partial charge in [0.1, 0.15) is 12.1 Å². The normalized spacial score (nSPS) is 15.5. The summed E-state index contributed by atoms with van der Waals surface area (Å²) in [7, 11) is 1.75. The van der Waals surface area contributed by atoms with Crippen molar-refractivity contribution in [2.75, 3.05) is 65.9 Å². The monoisotopic (exact) mass is 1030 g/mol. The molecule has 0 aliphatic carbocycles. The summed E-state index contributed by atoms with van der Waals surface area (Å²) < 4.78 is 65.4. The van der Waals surface area contributed by atoms with Crippen molar-refractivity contribution in [3.8, 4) is 16.1 Å². The van der Waals surface area contributed by atoms with Crippen molar-refractivity contribution in [2.24, 2.45) is 12.5 Å². The molecule has 3 aromatic heterocycles. The van der Waals surface area contributed by atoms with E-state index in [1.54, 1.807) is 57.5 Å². The van der Waals surface area contributed by atoms with Crippen molar-refractivity contribution in [1.82, 2.24) is 40.2 Å². The van der Waals surface area contributed by atoms with Crippen LogP contribution in [0.4, 0.5) is 13.2 Å². The van der Waals surface area contributed by atoms with E-state index in [9.17, 15) is 37.5 Å². The third-order valence-corrected chi connectivity index (χ3v) is 13.3. The van der Waals surface area contributed by atoms with E-state index in [0.29, 0.717) is 75.1 Å². The van der Waals surface area contributed by atoms with Crippen LogP contribution in [0.25, 0.3) is 38.1 Å². The number of aromatic nitrogens is 4. The minimum atomic E-state index is -4.45. The van der Waals surface area contributed by atoms with Crippen molar-refractivity contribution in [3.63, 3.8) is 0 Å². The summed E-state index contributed by atoms with van der Waals surface area (Å²) in [5.74, 6) is -1.42. The maximum Gasteiger partial charge on any atom is 0.416 e. The minimum Gasteiger partial charge on any atom is -0.391 e. The third kappa shape index (κ3) is 14.3. The Bertz CT molecular complexity index is 2820. The molecule has 0 saturated carbocycles. The number of carbonyl (C=O) groups excluding carboxylic acids is 4. The lowest BCUT2D eigenvalue weighted by atomic mass is 9.85. The molecule has 392 valence electrons. The second-order valence-corrected chi connectivity index (χ2v) is 19.8. The van der Waals surface area contributed by atoms with Gasteiger partial charge in [-0.3, -0.25) is 28.4 Å². The number of benzene rings is 3. The topological polar surface area (TPSA) is 200 Å². The van der Waals surface area contributed by atoms with Crippen molar-refractivity contribution in [3.05, 3.63) is 101 Å². The van der Waals surface area contributed by atoms with Gasteiger partial charge in [0.25, 0.3) is 5.91 Å². The summed E-state index contributed by atoms with van der Waals surface area (Å²) in [5, 5.41) is 25.2. The number of aliphatic hydroxyl groups is 1. The van der Waals surface area contributed by atoms with Crippen LogP contribution in [-0.4, -0.2) is 137 Å². The number of nitrogens with one attached hydrogen (secondary N) is 3. The molecule has 4 heterocycles. The summed E-state index contributed by atoms with van der Waals surface area (Å²) in [4.78, 5) is 60.2. The van der Waals surface area contributed by atoms with Gasteiger partial charge in [0.2, 0.25) is 17.7 Å². The van der Waals surface area contributed by atoms with Crippen molar-refractivity contribution < 1.29 is 56.4 Å². The SMILES string of the molecule is Cc1ncsc1-c1ccc(CNC(=O)[C@@H]2C[C@@H](O)CN2C(=O)C(NC(=O)CCCOCCOCCOCCOCCNC(=O)c2ccc3c(c2)c2cn(C)nc2n3-c2ccc(C(F)(F)F)cc2)C(C)(C)C)cc1. The fraction of sp³-hybridized carbons (Fsp3) is 0.462. The molecular formula is C52H63F3N8O9S. The molecule has 21 heteroatoms. The van der Waals surface area contributed by atoms with E-state index in [1.807, 2.05) is 52.0 Å². The molecule has 7 rings (SSSR count). The van der Waals surface area contributed by atoms with Crippen LogP contribution in [0.5, 0.6) is 0 Å². The second-order valence-electron chi connectivity index (χ2n) is 18.9. The van der Waals surface area contributed by atoms with E-state index in [0.717, 1.165) is 44.6 Å². The zero-order valence-electron chi connectivity index (χ0n) is 41.6. The van der Waals surface area contributed by atoms with E-state index >= 15 is 0 Å². The number of halogens is 3. The van der Waals surface area contributed by atoms with Gasteiger partial charge >= 0.3 is 6.18 Å². The van der Waals surface area contributed by atoms with Gasteiger partial charge in [-0.05, 0) is 72.4 Å². The summed E-state index contributed by atoms with van der Waals surface area (Å²) in [6.45, 7) is 10.5. The molecule has 1 unspecified atom stereocenters. The van der Waals surface area contributed by atoms with Gasteiger partial charge in [-0.2, -0.15) is 18.3 Å². The largest absolute Gasteiger partial charge is 0.416 e. The summed E-state index contributed by atoms with van der Waals surface area (Å²) >= 11 is 1.57. The Hall–Kier alpha value is -6.23. The zero-order valence-corrected chi connectivity index (χ0v) is 42.4. The first-order valence-corrected chi connectivity index (χ1v) is 25.1. The Balaban J connectivity index is 0.723. The number of carbonyl (C=O) groups is 4. The highest BCUT2D eigenvalue weighted by Crippen LogP contribution is 2.35. The van der Waals surface area contributed by atoms with Gasteiger partial charge in [0.05, 0.1) is 79.5 Å².